The molecule has 1 heterocycles. The van der Waals surface area contributed by atoms with Gasteiger partial charge >= 0.3 is 0 Å². The standard InChI is InChI=1S/C18H24BrNO/c19-16-9-3-2-8-15(16)18(21)11-13-20-12-5-7-14-6-1-4-10-17(14)20/h2-3,8-9,14,17H,1,4-7,10-13H2/t14-,17-/m1/s1. The topological polar surface area (TPSA) is 20.3 Å². The fraction of sp³-hybridized carbons (Fsp3) is 0.611. The number of rotatable bonds is 4. The van der Waals surface area contributed by atoms with Gasteiger partial charge in [0.2, 0.25) is 0 Å². The summed E-state index contributed by atoms with van der Waals surface area (Å²) in [6.07, 6.45) is 8.88. The van der Waals surface area contributed by atoms with E-state index in [1.165, 1.54) is 45.1 Å². The predicted molar refractivity (Wildman–Crippen MR) is 89.6 cm³/mol. The van der Waals surface area contributed by atoms with E-state index in [1.807, 2.05) is 24.3 Å². The Bertz CT molecular complexity index is 500. The van der Waals surface area contributed by atoms with Crippen LogP contribution < -0.4 is 0 Å². The van der Waals surface area contributed by atoms with E-state index in [-0.39, 0.29) is 5.78 Å². The number of carbonyl (C=O) groups is 1. The van der Waals surface area contributed by atoms with Gasteiger partial charge in [-0.1, -0.05) is 47.0 Å². The number of benzene rings is 1. The zero-order chi connectivity index (χ0) is 14.7. The molecule has 3 rings (SSSR count). The van der Waals surface area contributed by atoms with Crippen molar-refractivity contribution in [3.8, 4) is 0 Å². The molecule has 0 amide bonds. The molecule has 1 saturated carbocycles. The quantitative estimate of drug-likeness (QED) is 0.735. The van der Waals surface area contributed by atoms with Gasteiger partial charge in [0.05, 0.1) is 0 Å². The van der Waals surface area contributed by atoms with Crippen molar-refractivity contribution in [3.05, 3.63) is 34.3 Å². The van der Waals surface area contributed by atoms with Crippen molar-refractivity contribution in [3.63, 3.8) is 0 Å². The van der Waals surface area contributed by atoms with Crippen LogP contribution in [0.5, 0.6) is 0 Å². The Balaban J connectivity index is 1.59. The van der Waals surface area contributed by atoms with E-state index >= 15 is 0 Å². The van der Waals surface area contributed by atoms with Gasteiger partial charge in [-0.25, -0.2) is 0 Å². The van der Waals surface area contributed by atoms with Gasteiger partial charge in [0.1, 0.15) is 0 Å². The highest BCUT2D eigenvalue weighted by Crippen LogP contribution is 2.35. The number of hydrogen-bond acceptors (Lipinski definition) is 2. The molecule has 0 bridgehead atoms. The van der Waals surface area contributed by atoms with Crippen LogP contribution in [0.3, 0.4) is 0 Å². The first-order valence-corrected chi connectivity index (χ1v) is 9.07. The van der Waals surface area contributed by atoms with Crippen LogP contribution in [0.15, 0.2) is 28.7 Å². The zero-order valence-electron chi connectivity index (χ0n) is 12.6. The minimum absolute atomic E-state index is 0.264. The van der Waals surface area contributed by atoms with Crippen LogP contribution >= 0.6 is 15.9 Å². The molecule has 2 aliphatic rings. The maximum atomic E-state index is 12.4. The number of hydrogen-bond donors (Lipinski definition) is 0. The molecule has 0 aromatic heterocycles. The second-order valence-corrected chi connectivity index (χ2v) is 7.30. The molecule has 2 nitrogen and oxygen atoms in total. The fourth-order valence-corrected chi connectivity index (χ4v) is 4.58. The zero-order valence-corrected chi connectivity index (χ0v) is 14.1. The summed E-state index contributed by atoms with van der Waals surface area (Å²) in [5, 5.41) is 0. The van der Waals surface area contributed by atoms with Gasteiger partial charge in [-0.05, 0) is 44.2 Å². The first kappa shape index (κ1) is 15.2. The van der Waals surface area contributed by atoms with E-state index in [9.17, 15) is 4.79 Å². The molecule has 2 atom stereocenters. The Morgan fingerprint density at radius 1 is 1.14 bits per heavy atom. The molecule has 1 aromatic rings. The largest absolute Gasteiger partial charge is 0.300 e. The molecule has 1 saturated heterocycles. The fourth-order valence-electron chi connectivity index (χ4n) is 4.07. The number of Topliss-reactive ketones (excluding diaryl/α,β-unsaturated/α-hetero) is 1. The number of fused-ring (bicyclic) bond motifs is 1. The lowest BCUT2D eigenvalue weighted by Crippen LogP contribution is -2.47. The van der Waals surface area contributed by atoms with Crippen molar-refractivity contribution in [1.29, 1.82) is 0 Å². The monoisotopic (exact) mass is 349 g/mol. The van der Waals surface area contributed by atoms with Crippen molar-refractivity contribution in [2.75, 3.05) is 13.1 Å². The van der Waals surface area contributed by atoms with E-state index in [0.29, 0.717) is 6.42 Å². The Morgan fingerprint density at radius 3 is 2.76 bits per heavy atom. The Morgan fingerprint density at radius 2 is 1.90 bits per heavy atom. The Hall–Kier alpha value is -0.670. The molecule has 21 heavy (non-hydrogen) atoms. The molecule has 2 fully saturated rings. The first-order valence-electron chi connectivity index (χ1n) is 8.27. The summed E-state index contributed by atoms with van der Waals surface area (Å²) >= 11 is 3.48. The third kappa shape index (κ3) is 3.57. The lowest BCUT2D eigenvalue weighted by atomic mass is 9.78. The number of nitrogens with zero attached hydrogens (tertiary/aromatic N) is 1. The predicted octanol–water partition coefficient (Wildman–Crippen LogP) is 4.68. The van der Waals surface area contributed by atoms with Crippen LogP contribution in [0, 0.1) is 5.92 Å². The number of likely N-dealkylation sites (tertiary alicyclic amines) is 1. The van der Waals surface area contributed by atoms with E-state index in [0.717, 1.165) is 28.5 Å². The normalized spacial score (nSPS) is 26.3. The van der Waals surface area contributed by atoms with Crippen molar-refractivity contribution >= 4 is 21.7 Å². The van der Waals surface area contributed by atoms with Crippen molar-refractivity contribution in [2.24, 2.45) is 5.92 Å². The van der Waals surface area contributed by atoms with Gasteiger partial charge in [0, 0.05) is 29.0 Å². The summed E-state index contributed by atoms with van der Waals surface area (Å²) in [6.45, 7) is 2.12. The van der Waals surface area contributed by atoms with Crippen LogP contribution in [0.25, 0.3) is 0 Å². The summed E-state index contributed by atoms with van der Waals surface area (Å²) in [5.74, 6) is 1.16. The summed E-state index contributed by atoms with van der Waals surface area (Å²) in [4.78, 5) is 15.0. The van der Waals surface area contributed by atoms with E-state index < -0.39 is 0 Å². The van der Waals surface area contributed by atoms with Crippen LogP contribution in [0.4, 0.5) is 0 Å². The molecule has 1 aliphatic heterocycles. The maximum absolute atomic E-state index is 12.4. The second-order valence-electron chi connectivity index (χ2n) is 6.44. The minimum atomic E-state index is 0.264. The average molecular weight is 350 g/mol. The van der Waals surface area contributed by atoms with Gasteiger partial charge < -0.3 is 0 Å². The van der Waals surface area contributed by atoms with Crippen molar-refractivity contribution in [2.45, 2.75) is 51.0 Å². The van der Waals surface area contributed by atoms with E-state index in [1.54, 1.807) is 0 Å². The first-order chi connectivity index (χ1) is 10.3. The van der Waals surface area contributed by atoms with Gasteiger partial charge in [0.15, 0.2) is 5.78 Å². The molecule has 0 radical (unpaired) electrons. The van der Waals surface area contributed by atoms with Crippen LogP contribution in [0.2, 0.25) is 0 Å². The maximum Gasteiger partial charge on any atom is 0.165 e. The van der Waals surface area contributed by atoms with Crippen LogP contribution in [-0.2, 0) is 0 Å². The smallest absolute Gasteiger partial charge is 0.165 e. The second kappa shape index (κ2) is 7.06. The molecule has 0 spiro atoms. The third-order valence-corrected chi connectivity index (χ3v) is 5.85. The van der Waals surface area contributed by atoms with Gasteiger partial charge in [-0.3, -0.25) is 9.69 Å². The molecule has 1 aromatic carbocycles. The summed E-state index contributed by atoms with van der Waals surface area (Å²) < 4.78 is 0.921. The SMILES string of the molecule is O=C(CCN1CCC[C@H]2CCCC[C@H]21)c1ccccc1Br. The van der Waals surface area contributed by atoms with Gasteiger partial charge in [0.25, 0.3) is 0 Å². The van der Waals surface area contributed by atoms with Crippen molar-refractivity contribution < 1.29 is 4.79 Å². The highest BCUT2D eigenvalue weighted by Gasteiger charge is 2.33. The number of carbonyl (C=O) groups excluding carboxylic acids is 1. The number of halogens is 1. The number of piperidine rings is 1. The molecular weight excluding hydrogens is 326 g/mol. The third-order valence-electron chi connectivity index (χ3n) is 5.16. The average Bonchev–Trinajstić information content (AvgIpc) is 2.53. The molecular formula is C18H24BrNO. The molecule has 0 N–H and O–H groups in total. The van der Waals surface area contributed by atoms with Crippen LogP contribution in [-0.4, -0.2) is 29.8 Å². The lowest BCUT2D eigenvalue weighted by Gasteiger charge is -2.44. The highest BCUT2D eigenvalue weighted by atomic mass is 79.9. The highest BCUT2D eigenvalue weighted by molar-refractivity contribution is 9.10. The lowest BCUT2D eigenvalue weighted by molar-refractivity contribution is 0.0575. The Labute approximate surface area is 136 Å². The molecule has 0 unspecified atom stereocenters. The number of ketones is 1. The molecule has 114 valence electrons. The van der Waals surface area contributed by atoms with Crippen LogP contribution in [0.1, 0.15) is 55.3 Å². The van der Waals surface area contributed by atoms with Crippen molar-refractivity contribution in [1.82, 2.24) is 4.90 Å². The van der Waals surface area contributed by atoms with E-state index in [4.69, 9.17) is 0 Å². The minimum Gasteiger partial charge on any atom is -0.300 e. The van der Waals surface area contributed by atoms with Gasteiger partial charge in [-0.2, -0.15) is 0 Å². The molecule has 3 heteroatoms. The van der Waals surface area contributed by atoms with E-state index in [2.05, 4.69) is 20.8 Å². The summed E-state index contributed by atoms with van der Waals surface area (Å²) in [5.41, 5.74) is 0.828. The molecule has 1 aliphatic carbocycles. The summed E-state index contributed by atoms with van der Waals surface area (Å²) in [6, 6.07) is 8.52. The van der Waals surface area contributed by atoms with Gasteiger partial charge in [-0.15, -0.1) is 0 Å². The Kier molecular flexibility index (Phi) is 5.12. The summed E-state index contributed by atoms with van der Waals surface area (Å²) in [7, 11) is 0.